The number of para-hydroxylation sites is 1. The standard InChI is InChI=1S/C14H19N3O4/c15-14(16-20)11-3-1-2-4-12(11)21-9-13(19)17-6-5-10(7-17)8-18/h1-4,10,18,20H,5-9H2,(H2,15,16). The van der Waals surface area contributed by atoms with Crippen LogP contribution in [0.4, 0.5) is 0 Å². The van der Waals surface area contributed by atoms with Gasteiger partial charge in [-0.05, 0) is 18.6 Å². The van der Waals surface area contributed by atoms with Crippen molar-refractivity contribution < 1.29 is 19.8 Å². The molecule has 1 fully saturated rings. The second-order valence-corrected chi connectivity index (χ2v) is 4.95. The molecule has 0 spiro atoms. The van der Waals surface area contributed by atoms with Gasteiger partial charge in [0.1, 0.15) is 5.75 Å². The number of hydrogen-bond donors (Lipinski definition) is 3. The predicted octanol–water partition coefficient (Wildman–Crippen LogP) is 0.000700. The number of aliphatic hydroxyl groups excluding tert-OH is 1. The molecule has 7 heteroatoms. The molecule has 114 valence electrons. The summed E-state index contributed by atoms with van der Waals surface area (Å²) < 4.78 is 5.48. The topological polar surface area (TPSA) is 108 Å². The van der Waals surface area contributed by atoms with E-state index in [0.29, 0.717) is 24.4 Å². The first-order valence-corrected chi connectivity index (χ1v) is 6.74. The maximum absolute atomic E-state index is 12.0. The third kappa shape index (κ3) is 3.63. The fraction of sp³-hybridized carbons (Fsp3) is 0.429. The summed E-state index contributed by atoms with van der Waals surface area (Å²) in [5, 5.41) is 20.7. The summed E-state index contributed by atoms with van der Waals surface area (Å²) in [5.74, 6) is 0.331. The lowest BCUT2D eigenvalue weighted by molar-refractivity contribution is -0.132. The van der Waals surface area contributed by atoms with Crippen molar-refractivity contribution in [2.75, 3.05) is 26.3 Å². The minimum absolute atomic E-state index is 0.0698. The average Bonchev–Trinajstić information content (AvgIpc) is 3.01. The van der Waals surface area contributed by atoms with E-state index in [9.17, 15) is 4.79 Å². The number of aliphatic hydroxyl groups is 1. The first-order chi connectivity index (χ1) is 10.2. The van der Waals surface area contributed by atoms with Gasteiger partial charge in [0.05, 0.1) is 5.56 Å². The summed E-state index contributed by atoms with van der Waals surface area (Å²) in [5.41, 5.74) is 5.99. The molecule has 1 aromatic carbocycles. The summed E-state index contributed by atoms with van der Waals surface area (Å²) in [6, 6.07) is 6.77. The molecule has 1 heterocycles. The Labute approximate surface area is 122 Å². The zero-order chi connectivity index (χ0) is 15.2. The van der Waals surface area contributed by atoms with Crippen LogP contribution in [0.25, 0.3) is 0 Å². The molecular formula is C14H19N3O4. The Hall–Kier alpha value is -2.28. The van der Waals surface area contributed by atoms with Gasteiger partial charge >= 0.3 is 0 Å². The maximum atomic E-state index is 12.0. The van der Waals surface area contributed by atoms with Crippen molar-refractivity contribution in [1.82, 2.24) is 4.90 Å². The lowest BCUT2D eigenvalue weighted by Gasteiger charge is -2.17. The summed E-state index contributed by atoms with van der Waals surface area (Å²) in [7, 11) is 0. The molecule has 0 radical (unpaired) electrons. The molecule has 0 aliphatic carbocycles. The van der Waals surface area contributed by atoms with Crippen LogP contribution >= 0.6 is 0 Å². The highest BCUT2D eigenvalue weighted by molar-refractivity contribution is 5.99. The fourth-order valence-electron chi connectivity index (χ4n) is 2.30. The van der Waals surface area contributed by atoms with E-state index in [4.69, 9.17) is 20.8 Å². The Morgan fingerprint density at radius 2 is 2.24 bits per heavy atom. The van der Waals surface area contributed by atoms with E-state index in [1.165, 1.54) is 0 Å². The van der Waals surface area contributed by atoms with Gasteiger partial charge in [0.15, 0.2) is 12.4 Å². The molecule has 2 rings (SSSR count). The minimum atomic E-state index is -0.139. The molecule has 1 atom stereocenters. The Balaban J connectivity index is 1.96. The van der Waals surface area contributed by atoms with E-state index in [-0.39, 0.29) is 30.9 Å². The van der Waals surface area contributed by atoms with Gasteiger partial charge in [0.2, 0.25) is 0 Å². The SMILES string of the molecule is N/C(=N/O)c1ccccc1OCC(=O)N1CCC(CO)C1. The van der Waals surface area contributed by atoms with Crippen molar-refractivity contribution in [3.05, 3.63) is 29.8 Å². The zero-order valence-corrected chi connectivity index (χ0v) is 11.6. The number of nitrogens with two attached hydrogens (primary N) is 1. The van der Waals surface area contributed by atoms with Gasteiger partial charge in [-0.3, -0.25) is 4.79 Å². The molecule has 0 bridgehead atoms. The number of ether oxygens (including phenoxy) is 1. The average molecular weight is 293 g/mol. The van der Waals surface area contributed by atoms with Crippen LogP contribution in [0.1, 0.15) is 12.0 Å². The van der Waals surface area contributed by atoms with Crippen LogP contribution in [-0.4, -0.2) is 53.3 Å². The number of likely N-dealkylation sites (tertiary alicyclic amines) is 1. The highest BCUT2D eigenvalue weighted by Gasteiger charge is 2.25. The molecule has 1 aromatic rings. The van der Waals surface area contributed by atoms with Crippen LogP contribution < -0.4 is 10.5 Å². The molecule has 1 amide bonds. The molecule has 7 nitrogen and oxygen atoms in total. The van der Waals surface area contributed by atoms with Crippen molar-refractivity contribution in [3.63, 3.8) is 0 Å². The number of hydrogen-bond acceptors (Lipinski definition) is 5. The lowest BCUT2D eigenvalue weighted by Crippen LogP contribution is -2.33. The quantitative estimate of drug-likeness (QED) is 0.306. The maximum Gasteiger partial charge on any atom is 0.260 e. The molecule has 1 aliphatic rings. The van der Waals surface area contributed by atoms with Crippen molar-refractivity contribution in [2.24, 2.45) is 16.8 Å². The fourth-order valence-corrected chi connectivity index (χ4v) is 2.30. The van der Waals surface area contributed by atoms with Gasteiger partial charge in [-0.15, -0.1) is 0 Å². The van der Waals surface area contributed by atoms with E-state index < -0.39 is 0 Å². The Kier molecular flexibility index (Phi) is 4.99. The second-order valence-electron chi connectivity index (χ2n) is 4.95. The van der Waals surface area contributed by atoms with Gasteiger partial charge in [-0.25, -0.2) is 0 Å². The number of carbonyl (C=O) groups is 1. The Bertz CT molecular complexity index is 533. The molecule has 0 aromatic heterocycles. The number of oxime groups is 1. The van der Waals surface area contributed by atoms with Gasteiger partial charge in [-0.2, -0.15) is 0 Å². The highest BCUT2D eigenvalue weighted by Crippen LogP contribution is 2.19. The van der Waals surface area contributed by atoms with E-state index in [0.717, 1.165) is 6.42 Å². The van der Waals surface area contributed by atoms with Crippen LogP contribution in [0, 0.1) is 5.92 Å². The summed E-state index contributed by atoms with van der Waals surface area (Å²) in [6.07, 6.45) is 0.808. The van der Waals surface area contributed by atoms with E-state index >= 15 is 0 Å². The molecule has 0 saturated carbocycles. The minimum Gasteiger partial charge on any atom is -0.483 e. The van der Waals surface area contributed by atoms with Crippen LogP contribution in [-0.2, 0) is 4.79 Å². The van der Waals surface area contributed by atoms with Crippen LogP contribution in [0.5, 0.6) is 5.75 Å². The van der Waals surface area contributed by atoms with Crippen LogP contribution in [0.3, 0.4) is 0 Å². The van der Waals surface area contributed by atoms with Crippen molar-refractivity contribution in [1.29, 1.82) is 0 Å². The number of rotatable bonds is 5. The largest absolute Gasteiger partial charge is 0.483 e. The van der Waals surface area contributed by atoms with Crippen molar-refractivity contribution >= 4 is 11.7 Å². The smallest absolute Gasteiger partial charge is 0.260 e. The number of amides is 1. The number of carbonyl (C=O) groups excluding carboxylic acids is 1. The van der Waals surface area contributed by atoms with Crippen molar-refractivity contribution in [3.8, 4) is 5.75 Å². The lowest BCUT2D eigenvalue weighted by atomic mass is 10.1. The highest BCUT2D eigenvalue weighted by atomic mass is 16.5. The van der Waals surface area contributed by atoms with Gasteiger partial charge in [0.25, 0.3) is 5.91 Å². The van der Waals surface area contributed by atoms with Crippen LogP contribution in [0.15, 0.2) is 29.4 Å². The van der Waals surface area contributed by atoms with Crippen LogP contribution in [0.2, 0.25) is 0 Å². The third-order valence-electron chi connectivity index (χ3n) is 3.52. The molecule has 1 aliphatic heterocycles. The molecular weight excluding hydrogens is 274 g/mol. The Morgan fingerprint density at radius 3 is 2.90 bits per heavy atom. The number of amidine groups is 1. The van der Waals surface area contributed by atoms with Crippen molar-refractivity contribution in [2.45, 2.75) is 6.42 Å². The summed E-state index contributed by atoms with van der Waals surface area (Å²) >= 11 is 0. The Morgan fingerprint density at radius 1 is 1.48 bits per heavy atom. The van der Waals surface area contributed by atoms with Gasteiger partial charge in [0, 0.05) is 25.6 Å². The molecule has 1 saturated heterocycles. The summed E-state index contributed by atoms with van der Waals surface area (Å²) in [6.45, 7) is 1.17. The molecule has 1 unspecified atom stereocenters. The van der Waals surface area contributed by atoms with Gasteiger partial charge in [-0.1, -0.05) is 17.3 Å². The molecule has 21 heavy (non-hydrogen) atoms. The van der Waals surface area contributed by atoms with E-state index in [1.807, 2.05) is 0 Å². The third-order valence-corrected chi connectivity index (χ3v) is 3.52. The monoisotopic (exact) mass is 293 g/mol. The van der Waals surface area contributed by atoms with Gasteiger partial charge < -0.3 is 25.7 Å². The van der Waals surface area contributed by atoms with E-state index in [2.05, 4.69) is 5.16 Å². The zero-order valence-electron chi connectivity index (χ0n) is 11.6. The van der Waals surface area contributed by atoms with E-state index in [1.54, 1.807) is 29.2 Å². The first kappa shape index (κ1) is 15.1. The predicted molar refractivity (Wildman–Crippen MR) is 76.2 cm³/mol. The second kappa shape index (κ2) is 6.94. The normalized spacial score (nSPS) is 18.8. The first-order valence-electron chi connectivity index (χ1n) is 6.74. The molecule has 4 N–H and O–H groups in total. The number of nitrogens with zero attached hydrogens (tertiary/aromatic N) is 2. The number of benzene rings is 1. The summed E-state index contributed by atoms with van der Waals surface area (Å²) in [4.78, 5) is 13.7.